The van der Waals surface area contributed by atoms with Gasteiger partial charge in [-0.25, -0.2) is 4.98 Å². The number of nitrogens with one attached hydrogen (secondary N) is 1. The van der Waals surface area contributed by atoms with Gasteiger partial charge in [0.05, 0.1) is 24.3 Å². The first-order valence-corrected chi connectivity index (χ1v) is 9.24. The molecule has 0 aliphatic carbocycles. The molecule has 5 heteroatoms. The highest BCUT2D eigenvalue weighted by Crippen LogP contribution is 2.44. The minimum atomic E-state index is -0.164. The number of amides is 1. The van der Waals surface area contributed by atoms with Gasteiger partial charge in [-0.3, -0.25) is 9.59 Å². The van der Waals surface area contributed by atoms with E-state index in [-0.39, 0.29) is 17.7 Å². The van der Waals surface area contributed by atoms with Crippen LogP contribution in [-0.2, 0) is 0 Å². The third kappa shape index (κ3) is 3.05. The molecule has 2 heterocycles. The van der Waals surface area contributed by atoms with E-state index in [4.69, 9.17) is 0 Å². The number of hydrogen-bond acceptors (Lipinski definition) is 3. The maximum Gasteiger partial charge on any atom is 0.251 e. The number of benzene rings is 2. The first-order chi connectivity index (χ1) is 13.6. The molecule has 3 aromatic rings. The van der Waals surface area contributed by atoms with E-state index in [9.17, 15) is 9.59 Å². The minimum Gasteiger partial charge on any atom is -0.355 e. The lowest BCUT2D eigenvalue weighted by Gasteiger charge is -2.18. The summed E-state index contributed by atoms with van der Waals surface area (Å²) in [5.41, 5.74) is 5.62. The second-order valence-electron chi connectivity index (χ2n) is 6.89. The smallest absolute Gasteiger partial charge is 0.251 e. The molecule has 0 radical (unpaired) electrons. The first-order valence-electron chi connectivity index (χ1n) is 9.24. The lowest BCUT2D eigenvalue weighted by molar-refractivity contribution is 0.0955. The average Bonchev–Trinajstić information content (AvgIpc) is 3.31. The Bertz CT molecular complexity index is 1060. The highest BCUT2D eigenvalue weighted by molar-refractivity contribution is 6.02. The number of ketones is 1. The molecule has 0 bridgehead atoms. The van der Waals surface area contributed by atoms with E-state index in [2.05, 4.69) is 33.9 Å². The Morgan fingerprint density at radius 3 is 2.39 bits per heavy atom. The lowest BCUT2D eigenvalue weighted by Crippen LogP contribution is -2.18. The van der Waals surface area contributed by atoms with Crippen LogP contribution in [0.4, 0.5) is 0 Å². The maximum absolute atomic E-state index is 13.0. The van der Waals surface area contributed by atoms with Crippen LogP contribution in [0.15, 0.2) is 67.1 Å². The van der Waals surface area contributed by atoms with E-state index in [0.717, 1.165) is 22.4 Å². The van der Waals surface area contributed by atoms with Crippen LogP contribution in [0.3, 0.4) is 0 Å². The number of carbonyl (C=O) groups excluding carboxylic acids is 2. The van der Waals surface area contributed by atoms with Gasteiger partial charge in [0.2, 0.25) is 0 Å². The van der Waals surface area contributed by atoms with Gasteiger partial charge in [0.15, 0.2) is 5.78 Å². The van der Waals surface area contributed by atoms with E-state index in [1.54, 1.807) is 37.6 Å². The monoisotopic (exact) mass is 371 g/mol. The van der Waals surface area contributed by atoms with E-state index < -0.39 is 0 Å². The van der Waals surface area contributed by atoms with Crippen molar-refractivity contribution in [3.05, 3.63) is 89.5 Å². The van der Waals surface area contributed by atoms with Crippen molar-refractivity contribution in [3.63, 3.8) is 0 Å². The van der Waals surface area contributed by atoms with Gasteiger partial charge in [0.1, 0.15) is 0 Å². The zero-order valence-electron chi connectivity index (χ0n) is 15.8. The third-order valence-corrected chi connectivity index (χ3v) is 5.28. The molecule has 0 saturated heterocycles. The number of rotatable bonds is 5. The summed E-state index contributed by atoms with van der Waals surface area (Å²) in [7, 11) is 1.59. The maximum atomic E-state index is 13.0. The Morgan fingerprint density at radius 2 is 1.71 bits per heavy atom. The predicted octanol–water partition coefficient (Wildman–Crippen LogP) is 4.00. The first kappa shape index (κ1) is 17.9. The molecule has 1 aliphatic rings. The second-order valence-corrected chi connectivity index (χ2v) is 6.89. The average molecular weight is 371 g/mol. The van der Waals surface area contributed by atoms with Gasteiger partial charge < -0.3 is 9.88 Å². The summed E-state index contributed by atoms with van der Waals surface area (Å²) in [4.78, 5) is 29.0. The lowest BCUT2D eigenvalue weighted by atomic mass is 9.91. The van der Waals surface area contributed by atoms with Crippen LogP contribution < -0.4 is 5.32 Å². The van der Waals surface area contributed by atoms with Crippen LogP contribution in [0.25, 0.3) is 11.1 Å². The molecule has 1 N–H and O–H groups in total. The quantitative estimate of drug-likeness (QED) is 0.690. The number of fused-ring (bicyclic) bond motifs is 1. The third-order valence-electron chi connectivity index (χ3n) is 5.28. The predicted molar refractivity (Wildman–Crippen MR) is 109 cm³/mol. The van der Waals surface area contributed by atoms with E-state index in [1.807, 2.05) is 24.4 Å². The van der Waals surface area contributed by atoms with E-state index in [0.29, 0.717) is 17.5 Å². The van der Waals surface area contributed by atoms with Crippen LogP contribution in [-0.4, -0.2) is 28.3 Å². The van der Waals surface area contributed by atoms with Crippen LogP contribution in [0.5, 0.6) is 0 Å². The van der Waals surface area contributed by atoms with Gasteiger partial charge in [0.25, 0.3) is 5.91 Å². The number of Topliss-reactive ketones (excluding diaryl/α,β-unsaturated/α-hetero) is 1. The molecule has 140 valence electrons. The molecule has 1 aliphatic heterocycles. The number of aromatic nitrogens is 2. The SMILES string of the molecule is CNC(=O)c1ccc(C(=O)CC2C(c3ccccc3)=C(C)c3cncn32)cc1. The van der Waals surface area contributed by atoms with Gasteiger partial charge in [-0.1, -0.05) is 42.5 Å². The fourth-order valence-electron chi connectivity index (χ4n) is 3.84. The second kappa shape index (κ2) is 7.27. The summed E-state index contributed by atoms with van der Waals surface area (Å²) in [6, 6.07) is 16.9. The number of carbonyl (C=O) groups is 2. The highest BCUT2D eigenvalue weighted by Gasteiger charge is 2.31. The van der Waals surface area contributed by atoms with Crippen molar-refractivity contribution in [2.24, 2.45) is 0 Å². The normalized spacial score (nSPS) is 15.4. The largest absolute Gasteiger partial charge is 0.355 e. The Balaban J connectivity index is 1.64. The van der Waals surface area contributed by atoms with Crippen molar-refractivity contribution in [3.8, 4) is 0 Å². The zero-order chi connectivity index (χ0) is 19.7. The topological polar surface area (TPSA) is 64.0 Å². The summed E-state index contributed by atoms with van der Waals surface area (Å²) >= 11 is 0. The zero-order valence-corrected chi connectivity index (χ0v) is 15.8. The van der Waals surface area contributed by atoms with Crippen molar-refractivity contribution in [2.75, 3.05) is 7.05 Å². The van der Waals surface area contributed by atoms with E-state index >= 15 is 0 Å². The summed E-state index contributed by atoms with van der Waals surface area (Å²) in [5, 5.41) is 2.59. The molecule has 28 heavy (non-hydrogen) atoms. The Morgan fingerprint density at radius 1 is 1.04 bits per heavy atom. The van der Waals surface area contributed by atoms with Gasteiger partial charge in [-0.05, 0) is 35.8 Å². The van der Waals surface area contributed by atoms with Crippen molar-refractivity contribution in [2.45, 2.75) is 19.4 Å². The molecule has 0 saturated carbocycles. The Labute approximate surface area is 163 Å². The van der Waals surface area contributed by atoms with Gasteiger partial charge in [0, 0.05) is 24.6 Å². The molecule has 0 fully saturated rings. The van der Waals surface area contributed by atoms with Crippen LogP contribution in [0.1, 0.15) is 51.4 Å². The van der Waals surface area contributed by atoms with Crippen LogP contribution >= 0.6 is 0 Å². The highest BCUT2D eigenvalue weighted by atomic mass is 16.1. The molecule has 2 aromatic carbocycles. The molecular formula is C23H21N3O2. The molecular weight excluding hydrogens is 350 g/mol. The molecule has 1 atom stereocenters. The van der Waals surface area contributed by atoms with Crippen LogP contribution in [0, 0.1) is 0 Å². The number of allylic oxidation sites excluding steroid dienone is 2. The van der Waals surface area contributed by atoms with Gasteiger partial charge in [-0.15, -0.1) is 0 Å². The molecule has 4 rings (SSSR count). The van der Waals surface area contributed by atoms with E-state index in [1.165, 1.54) is 0 Å². The molecule has 1 amide bonds. The van der Waals surface area contributed by atoms with Gasteiger partial charge >= 0.3 is 0 Å². The Kier molecular flexibility index (Phi) is 4.65. The number of nitrogens with zero attached hydrogens (tertiary/aromatic N) is 2. The Hall–Kier alpha value is -3.47. The summed E-state index contributed by atoms with van der Waals surface area (Å²) in [5.74, 6) is -0.126. The standard InChI is InChI=1S/C23H21N3O2/c1-15-20-13-25-14-26(20)19(22(15)17-6-4-3-5-7-17)12-21(27)16-8-10-18(11-9-16)23(28)24-2/h3-11,13-14,19H,12H2,1-2H3,(H,24,28). The van der Waals surface area contributed by atoms with Crippen molar-refractivity contribution < 1.29 is 9.59 Å². The van der Waals surface area contributed by atoms with Crippen molar-refractivity contribution >= 4 is 22.8 Å². The fourth-order valence-corrected chi connectivity index (χ4v) is 3.84. The molecule has 5 nitrogen and oxygen atoms in total. The molecule has 0 spiro atoms. The number of imidazole rings is 1. The van der Waals surface area contributed by atoms with Crippen molar-refractivity contribution in [1.82, 2.24) is 14.9 Å². The summed E-state index contributed by atoms with van der Waals surface area (Å²) < 4.78 is 2.08. The fraction of sp³-hybridized carbons (Fsp3) is 0.174. The number of hydrogen-bond donors (Lipinski definition) is 1. The summed E-state index contributed by atoms with van der Waals surface area (Å²) in [6.07, 6.45) is 3.98. The van der Waals surface area contributed by atoms with Crippen molar-refractivity contribution in [1.29, 1.82) is 0 Å². The van der Waals surface area contributed by atoms with Gasteiger partial charge in [-0.2, -0.15) is 0 Å². The summed E-state index contributed by atoms with van der Waals surface area (Å²) in [6.45, 7) is 2.08. The van der Waals surface area contributed by atoms with Crippen LogP contribution in [0.2, 0.25) is 0 Å². The molecule has 1 unspecified atom stereocenters. The molecule has 1 aromatic heterocycles. The minimum absolute atomic E-state index is 0.0382.